The zero-order valence-electron chi connectivity index (χ0n) is 20.4. The molecule has 0 N–H and O–H groups in total. The molecule has 0 bridgehead atoms. The standard InChI is InChI=1S/C27H25N3O7/c1-15-3-9-21-22(11-15)26(33)29(25(21)32)23-10-8-20(12-16(23)2)37-27(34)17-13-24(31)28(14-17)18-4-6-19(7-5-18)30(35)36/h3-8,10,12,17,21-22H,9,11,13-14H2,1-2H3/t17-,21-,22-/m0/s1. The lowest BCUT2D eigenvalue weighted by Crippen LogP contribution is -2.31. The average molecular weight is 504 g/mol. The van der Waals surface area contributed by atoms with E-state index < -0.39 is 16.8 Å². The Morgan fingerprint density at radius 1 is 1.00 bits per heavy atom. The molecule has 190 valence electrons. The molecule has 1 aliphatic carbocycles. The van der Waals surface area contributed by atoms with Crippen LogP contribution >= 0.6 is 0 Å². The van der Waals surface area contributed by atoms with Crippen LogP contribution in [0.4, 0.5) is 17.1 Å². The van der Waals surface area contributed by atoms with Crippen LogP contribution in [-0.2, 0) is 19.2 Å². The number of imide groups is 1. The molecule has 5 rings (SSSR count). The number of anilines is 2. The van der Waals surface area contributed by atoms with Gasteiger partial charge in [-0.1, -0.05) is 11.6 Å². The fourth-order valence-electron chi connectivity index (χ4n) is 5.29. The van der Waals surface area contributed by atoms with Crippen LogP contribution in [0.3, 0.4) is 0 Å². The molecule has 2 aliphatic heterocycles. The van der Waals surface area contributed by atoms with E-state index in [0.717, 1.165) is 5.57 Å². The highest BCUT2D eigenvalue weighted by atomic mass is 16.6. The Morgan fingerprint density at radius 2 is 1.70 bits per heavy atom. The molecule has 10 heteroatoms. The van der Waals surface area contributed by atoms with Crippen molar-refractivity contribution in [1.29, 1.82) is 0 Å². The molecular formula is C27H25N3O7. The number of benzene rings is 2. The minimum atomic E-state index is -0.705. The average Bonchev–Trinajstić information content (AvgIpc) is 3.37. The molecular weight excluding hydrogens is 478 g/mol. The fraction of sp³-hybridized carbons (Fsp3) is 0.333. The van der Waals surface area contributed by atoms with Crippen LogP contribution in [0.15, 0.2) is 54.1 Å². The summed E-state index contributed by atoms with van der Waals surface area (Å²) in [7, 11) is 0. The quantitative estimate of drug-likeness (QED) is 0.152. The lowest BCUT2D eigenvalue weighted by molar-refractivity contribution is -0.384. The van der Waals surface area contributed by atoms with Crippen LogP contribution in [0.25, 0.3) is 0 Å². The second-order valence-corrected chi connectivity index (χ2v) is 9.76. The molecule has 10 nitrogen and oxygen atoms in total. The van der Waals surface area contributed by atoms with Crippen molar-refractivity contribution >= 4 is 40.8 Å². The maximum Gasteiger partial charge on any atom is 0.316 e. The van der Waals surface area contributed by atoms with Gasteiger partial charge in [-0.25, -0.2) is 4.90 Å². The molecule has 0 radical (unpaired) electrons. The lowest BCUT2D eigenvalue weighted by atomic mass is 9.82. The van der Waals surface area contributed by atoms with Crippen LogP contribution in [0.5, 0.6) is 5.75 Å². The smallest absolute Gasteiger partial charge is 0.316 e. The van der Waals surface area contributed by atoms with Gasteiger partial charge in [0.2, 0.25) is 17.7 Å². The normalized spacial score (nSPS) is 23.2. The van der Waals surface area contributed by atoms with Gasteiger partial charge in [-0.15, -0.1) is 0 Å². The number of ether oxygens (including phenoxy) is 1. The number of amides is 3. The minimum absolute atomic E-state index is 0.0418. The summed E-state index contributed by atoms with van der Waals surface area (Å²) in [5.74, 6) is -2.40. The third kappa shape index (κ3) is 4.39. The molecule has 2 aromatic rings. The largest absolute Gasteiger partial charge is 0.426 e. The molecule has 2 aromatic carbocycles. The summed E-state index contributed by atoms with van der Waals surface area (Å²) >= 11 is 0. The van der Waals surface area contributed by atoms with Gasteiger partial charge in [0.25, 0.3) is 5.69 Å². The lowest BCUT2D eigenvalue weighted by Gasteiger charge is -2.19. The molecule has 2 fully saturated rings. The van der Waals surface area contributed by atoms with Crippen LogP contribution in [0.1, 0.15) is 31.7 Å². The maximum absolute atomic E-state index is 13.0. The van der Waals surface area contributed by atoms with Crippen molar-refractivity contribution in [2.24, 2.45) is 17.8 Å². The number of carbonyl (C=O) groups is 4. The predicted molar refractivity (Wildman–Crippen MR) is 133 cm³/mol. The van der Waals surface area contributed by atoms with E-state index in [0.29, 0.717) is 29.8 Å². The topological polar surface area (TPSA) is 127 Å². The van der Waals surface area contributed by atoms with Crippen molar-refractivity contribution in [3.8, 4) is 5.75 Å². The molecule has 2 heterocycles. The first kappa shape index (κ1) is 24.4. The van der Waals surface area contributed by atoms with E-state index in [4.69, 9.17) is 4.74 Å². The number of nitro groups is 1. The number of allylic oxidation sites excluding steroid dienone is 2. The van der Waals surface area contributed by atoms with Crippen molar-refractivity contribution in [2.45, 2.75) is 33.1 Å². The third-order valence-electron chi connectivity index (χ3n) is 7.28. The number of hydrogen-bond donors (Lipinski definition) is 0. The molecule has 37 heavy (non-hydrogen) atoms. The van der Waals surface area contributed by atoms with Gasteiger partial charge in [0, 0.05) is 30.8 Å². The summed E-state index contributed by atoms with van der Waals surface area (Å²) in [4.78, 5) is 64.4. The summed E-state index contributed by atoms with van der Waals surface area (Å²) in [5, 5.41) is 10.9. The van der Waals surface area contributed by atoms with Crippen molar-refractivity contribution in [1.82, 2.24) is 0 Å². The maximum atomic E-state index is 13.0. The van der Waals surface area contributed by atoms with Crippen molar-refractivity contribution in [3.05, 3.63) is 69.8 Å². The Balaban J connectivity index is 1.26. The molecule has 0 spiro atoms. The number of nitrogens with zero attached hydrogens (tertiary/aromatic N) is 3. The summed E-state index contributed by atoms with van der Waals surface area (Å²) in [6, 6.07) is 10.3. The number of esters is 1. The molecule has 3 atom stereocenters. The Kier molecular flexibility index (Phi) is 6.10. The van der Waals surface area contributed by atoms with Gasteiger partial charge >= 0.3 is 5.97 Å². The second kappa shape index (κ2) is 9.27. The van der Waals surface area contributed by atoms with Gasteiger partial charge in [-0.2, -0.15) is 0 Å². The Bertz CT molecular complexity index is 1360. The van der Waals surface area contributed by atoms with Crippen LogP contribution in [0.2, 0.25) is 0 Å². The fourth-order valence-corrected chi connectivity index (χ4v) is 5.29. The van der Waals surface area contributed by atoms with E-state index in [-0.39, 0.29) is 54.0 Å². The van der Waals surface area contributed by atoms with Gasteiger partial charge in [-0.3, -0.25) is 29.3 Å². The van der Waals surface area contributed by atoms with Gasteiger partial charge in [0.05, 0.1) is 28.4 Å². The van der Waals surface area contributed by atoms with E-state index in [2.05, 4.69) is 0 Å². The SMILES string of the molecule is CC1=CC[C@@H]2C(=O)N(c3ccc(OC(=O)[C@H]4CC(=O)N(c5ccc([N+](=O)[O-])cc5)C4)cc3C)C(=O)[C@H]2C1. The number of fused-ring (bicyclic) bond motifs is 1. The number of nitro benzene ring substituents is 1. The van der Waals surface area contributed by atoms with E-state index in [9.17, 15) is 29.3 Å². The van der Waals surface area contributed by atoms with Crippen molar-refractivity contribution in [2.75, 3.05) is 16.3 Å². The number of carbonyl (C=O) groups excluding carboxylic acids is 4. The Morgan fingerprint density at radius 3 is 2.38 bits per heavy atom. The van der Waals surface area contributed by atoms with E-state index in [1.165, 1.54) is 40.1 Å². The zero-order chi connectivity index (χ0) is 26.4. The van der Waals surface area contributed by atoms with Crippen LogP contribution in [-0.4, -0.2) is 35.2 Å². The molecule has 0 saturated carbocycles. The second-order valence-electron chi connectivity index (χ2n) is 9.76. The van der Waals surface area contributed by atoms with Gasteiger partial charge in [0.15, 0.2) is 0 Å². The monoisotopic (exact) mass is 503 g/mol. The van der Waals surface area contributed by atoms with Crippen LogP contribution in [0, 0.1) is 34.8 Å². The minimum Gasteiger partial charge on any atom is -0.426 e. The first-order valence-corrected chi connectivity index (χ1v) is 12.0. The predicted octanol–water partition coefficient (Wildman–Crippen LogP) is 3.71. The number of rotatable bonds is 5. The summed E-state index contributed by atoms with van der Waals surface area (Å²) < 4.78 is 5.54. The molecule has 3 amide bonds. The Labute approximate surface area is 212 Å². The molecule has 2 saturated heterocycles. The van der Waals surface area contributed by atoms with E-state index >= 15 is 0 Å². The number of non-ortho nitro benzene ring substituents is 1. The zero-order valence-corrected chi connectivity index (χ0v) is 20.4. The van der Waals surface area contributed by atoms with E-state index in [1.807, 2.05) is 13.0 Å². The third-order valence-corrected chi connectivity index (χ3v) is 7.28. The van der Waals surface area contributed by atoms with E-state index in [1.54, 1.807) is 19.1 Å². The number of aryl methyl sites for hydroxylation is 1. The van der Waals surface area contributed by atoms with Gasteiger partial charge in [0.1, 0.15) is 5.75 Å². The van der Waals surface area contributed by atoms with Crippen molar-refractivity contribution in [3.63, 3.8) is 0 Å². The summed E-state index contributed by atoms with van der Waals surface area (Å²) in [6.45, 7) is 3.81. The molecule has 3 aliphatic rings. The highest BCUT2D eigenvalue weighted by Crippen LogP contribution is 2.41. The number of hydrogen-bond acceptors (Lipinski definition) is 7. The highest BCUT2D eigenvalue weighted by molar-refractivity contribution is 6.22. The van der Waals surface area contributed by atoms with Gasteiger partial charge in [-0.05, 0) is 62.6 Å². The molecule has 0 aromatic heterocycles. The highest BCUT2D eigenvalue weighted by Gasteiger charge is 2.49. The van der Waals surface area contributed by atoms with Crippen molar-refractivity contribution < 1.29 is 28.8 Å². The molecule has 0 unspecified atom stereocenters. The van der Waals surface area contributed by atoms with Gasteiger partial charge < -0.3 is 9.64 Å². The first-order valence-electron chi connectivity index (χ1n) is 12.0. The first-order chi connectivity index (χ1) is 17.6. The summed E-state index contributed by atoms with van der Waals surface area (Å²) in [6.07, 6.45) is 3.11. The van der Waals surface area contributed by atoms with Crippen LogP contribution < -0.4 is 14.5 Å². The summed E-state index contributed by atoms with van der Waals surface area (Å²) in [5.41, 5.74) is 2.58. The Hall–Kier alpha value is -4.34.